The summed E-state index contributed by atoms with van der Waals surface area (Å²) in [7, 11) is 0. The summed E-state index contributed by atoms with van der Waals surface area (Å²) in [6.45, 7) is 0. The first-order valence-electron chi connectivity index (χ1n) is 2.58. The van der Waals surface area contributed by atoms with Gasteiger partial charge in [-0.3, -0.25) is 0 Å². The molecule has 0 bridgehead atoms. The Balaban J connectivity index is 2.33. The van der Waals surface area contributed by atoms with Gasteiger partial charge < -0.3 is 0 Å². The summed E-state index contributed by atoms with van der Waals surface area (Å²) in [6.07, 6.45) is -3.64. The Hall–Kier alpha value is 0.549. The molecule has 1 aliphatic rings. The number of alkyl halides is 3. The first-order valence-corrected chi connectivity index (χ1v) is 5.88. The third-order valence-corrected chi connectivity index (χ3v) is 4.47. The third kappa shape index (κ3) is 1.73. The number of rotatable bonds is 1. The van der Waals surface area contributed by atoms with Gasteiger partial charge in [-0.15, -0.1) is 0 Å². The van der Waals surface area contributed by atoms with E-state index in [4.69, 9.17) is 3.96 Å². The van der Waals surface area contributed by atoms with E-state index in [1.54, 1.807) is 0 Å². The fraction of sp³-hybridized carbons (Fsp3) is 1.00. The van der Waals surface area contributed by atoms with Crippen LogP contribution >= 0.6 is 0 Å². The van der Waals surface area contributed by atoms with Gasteiger partial charge in [0.05, 0.1) is 0 Å². The summed E-state index contributed by atoms with van der Waals surface area (Å²) < 4.78 is 40.0. The van der Waals surface area contributed by atoms with Crippen molar-refractivity contribution in [3.05, 3.63) is 0 Å². The Morgan fingerprint density at radius 2 is 2.00 bits per heavy atom. The van der Waals surface area contributed by atoms with Crippen molar-refractivity contribution in [2.45, 2.75) is 16.5 Å². The summed E-state index contributed by atoms with van der Waals surface area (Å²) in [5, 5.41) is 0. The number of hydrogen-bond donors (Lipinski definition) is 1. The second kappa shape index (κ2) is 2.30. The summed E-state index contributed by atoms with van der Waals surface area (Å²) in [5.74, 6) is -1.02. The molecule has 0 saturated heterocycles. The Labute approximate surface area is 61.4 Å². The van der Waals surface area contributed by atoms with Gasteiger partial charge in [-0.1, -0.05) is 0 Å². The zero-order chi connectivity index (χ0) is 7.07. The molecule has 0 amide bonds. The van der Waals surface area contributed by atoms with Crippen molar-refractivity contribution in [1.29, 1.82) is 0 Å². The van der Waals surface area contributed by atoms with Crippen molar-refractivity contribution >= 4 is 21.4 Å². The Morgan fingerprint density at radius 1 is 1.44 bits per heavy atom. The van der Waals surface area contributed by atoms with Crippen LogP contribution in [-0.4, -0.2) is 27.6 Å². The van der Waals surface area contributed by atoms with E-state index in [2.05, 4.69) is 0 Å². The van der Waals surface area contributed by atoms with Crippen LogP contribution < -0.4 is 3.96 Å². The molecular weight excluding hydrogens is 238 g/mol. The molecule has 1 nitrogen and oxygen atoms in total. The number of halogens is 3. The zero-order valence-electron chi connectivity index (χ0n) is 4.57. The SMILES string of the molecule is [NH2][Sn][CH]1CC1C(F)(F)F. The molecule has 1 fully saturated rings. The standard InChI is InChI=1S/C4H4F3.H2N.Sn/c5-4(6,7)3-1-2-3;;/h1,3H,2H2;1H2;/q;-1;+1. The molecule has 1 saturated carbocycles. The molecule has 1 rings (SSSR count). The molecule has 1 aliphatic carbocycles. The second-order valence-electron chi connectivity index (χ2n) is 2.16. The van der Waals surface area contributed by atoms with E-state index >= 15 is 0 Å². The number of hydrogen-bond acceptors (Lipinski definition) is 1. The van der Waals surface area contributed by atoms with Crippen LogP contribution in [0.5, 0.6) is 0 Å². The quantitative estimate of drug-likeness (QED) is 0.682. The van der Waals surface area contributed by atoms with Gasteiger partial charge in [-0.25, -0.2) is 0 Å². The molecule has 2 N–H and O–H groups in total. The topological polar surface area (TPSA) is 26.0 Å². The van der Waals surface area contributed by atoms with Crippen molar-refractivity contribution in [2.24, 2.45) is 9.87 Å². The van der Waals surface area contributed by atoms with Crippen LogP contribution in [0.4, 0.5) is 13.2 Å². The van der Waals surface area contributed by atoms with Gasteiger partial charge in [0.1, 0.15) is 0 Å². The van der Waals surface area contributed by atoms with E-state index in [-0.39, 0.29) is 3.93 Å². The van der Waals surface area contributed by atoms with Crippen LogP contribution in [0.1, 0.15) is 6.42 Å². The fourth-order valence-corrected chi connectivity index (χ4v) is 3.06. The first-order chi connectivity index (χ1) is 4.05. The molecule has 5 heteroatoms. The van der Waals surface area contributed by atoms with Crippen LogP contribution in [0.2, 0.25) is 3.93 Å². The van der Waals surface area contributed by atoms with Crippen LogP contribution in [0.3, 0.4) is 0 Å². The third-order valence-electron chi connectivity index (χ3n) is 1.42. The summed E-state index contributed by atoms with van der Waals surface area (Å²) in [5.41, 5.74) is 0. The molecule has 0 spiro atoms. The Kier molecular flexibility index (Phi) is 1.96. The van der Waals surface area contributed by atoms with Crippen molar-refractivity contribution in [3.8, 4) is 0 Å². The van der Waals surface area contributed by atoms with Gasteiger partial charge >= 0.3 is 61.0 Å². The van der Waals surface area contributed by atoms with E-state index in [1.807, 2.05) is 0 Å². The molecular formula is C4H6F3NSn. The van der Waals surface area contributed by atoms with Gasteiger partial charge in [0.15, 0.2) is 0 Å². The van der Waals surface area contributed by atoms with Crippen molar-refractivity contribution in [3.63, 3.8) is 0 Å². The van der Waals surface area contributed by atoms with Crippen molar-refractivity contribution in [2.75, 3.05) is 0 Å². The zero-order valence-corrected chi connectivity index (χ0v) is 7.43. The predicted molar refractivity (Wildman–Crippen MR) is 27.9 cm³/mol. The number of nitrogens with two attached hydrogens (primary N) is 1. The van der Waals surface area contributed by atoms with Gasteiger partial charge in [0.25, 0.3) is 0 Å². The minimum absolute atomic E-state index is 0.117. The Morgan fingerprint density at radius 3 is 2.11 bits per heavy atom. The van der Waals surface area contributed by atoms with Crippen molar-refractivity contribution in [1.82, 2.24) is 0 Å². The van der Waals surface area contributed by atoms with E-state index in [9.17, 15) is 13.2 Å². The average molecular weight is 244 g/mol. The average Bonchev–Trinajstić information content (AvgIpc) is 2.39. The molecule has 0 aromatic heterocycles. The van der Waals surface area contributed by atoms with Gasteiger partial charge in [0.2, 0.25) is 0 Å². The molecule has 9 heavy (non-hydrogen) atoms. The first kappa shape index (κ1) is 7.65. The molecule has 52 valence electrons. The molecule has 2 unspecified atom stereocenters. The van der Waals surface area contributed by atoms with Gasteiger partial charge in [0, 0.05) is 0 Å². The van der Waals surface area contributed by atoms with E-state index in [0.29, 0.717) is 6.42 Å². The maximum atomic E-state index is 11.6. The summed E-state index contributed by atoms with van der Waals surface area (Å²) in [4.78, 5) is 0. The maximum absolute atomic E-state index is 11.6. The van der Waals surface area contributed by atoms with Crippen LogP contribution in [0.15, 0.2) is 0 Å². The van der Waals surface area contributed by atoms with Gasteiger partial charge in [-0.05, 0) is 0 Å². The molecule has 0 aromatic rings. The van der Waals surface area contributed by atoms with Crippen molar-refractivity contribution < 1.29 is 13.2 Å². The molecule has 0 aromatic carbocycles. The predicted octanol–water partition coefficient (Wildman–Crippen LogP) is 0.935. The van der Waals surface area contributed by atoms with Crippen LogP contribution in [-0.2, 0) is 0 Å². The van der Waals surface area contributed by atoms with E-state index in [0.717, 1.165) is 0 Å². The van der Waals surface area contributed by atoms with Gasteiger partial charge in [-0.2, -0.15) is 0 Å². The van der Waals surface area contributed by atoms with E-state index in [1.165, 1.54) is 0 Å². The normalized spacial score (nSPS) is 34.7. The molecule has 2 radical (unpaired) electrons. The molecule has 0 heterocycles. The Bertz CT molecular complexity index is 113. The summed E-state index contributed by atoms with van der Waals surface area (Å²) in [6, 6.07) is 0. The monoisotopic (exact) mass is 245 g/mol. The molecule has 0 aliphatic heterocycles. The minimum atomic E-state index is -3.95. The van der Waals surface area contributed by atoms with E-state index < -0.39 is 33.5 Å². The summed E-state index contributed by atoms with van der Waals surface area (Å²) >= 11 is -1.12. The fourth-order valence-electron chi connectivity index (χ4n) is 0.741. The van der Waals surface area contributed by atoms with Crippen LogP contribution in [0.25, 0.3) is 0 Å². The second-order valence-corrected chi connectivity index (χ2v) is 5.22. The van der Waals surface area contributed by atoms with Crippen LogP contribution in [0, 0.1) is 5.92 Å². The molecule has 2 atom stereocenters.